The Bertz CT molecular complexity index is 1160. The van der Waals surface area contributed by atoms with Crippen molar-refractivity contribution in [2.24, 2.45) is 5.92 Å². The maximum Gasteiger partial charge on any atom is 0.311 e. The summed E-state index contributed by atoms with van der Waals surface area (Å²) in [4.78, 5) is 38.7. The van der Waals surface area contributed by atoms with E-state index in [-0.39, 0.29) is 31.3 Å². The molecule has 1 amide bonds. The van der Waals surface area contributed by atoms with E-state index in [4.69, 9.17) is 21.1 Å². The first-order valence-electron chi connectivity index (χ1n) is 10.5. The molecule has 0 saturated carbocycles. The van der Waals surface area contributed by atoms with E-state index in [0.717, 1.165) is 11.3 Å². The molecule has 1 heterocycles. The van der Waals surface area contributed by atoms with Crippen LogP contribution in [0.1, 0.15) is 22.3 Å². The number of carbonyl (C=O) groups excluding carboxylic acids is 3. The van der Waals surface area contributed by atoms with Crippen LogP contribution in [0.4, 0.5) is 5.69 Å². The van der Waals surface area contributed by atoms with Crippen molar-refractivity contribution < 1.29 is 23.9 Å². The van der Waals surface area contributed by atoms with E-state index in [1.807, 2.05) is 31.2 Å². The molecule has 0 bridgehead atoms. The van der Waals surface area contributed by atoms with E-state index in [2.05, 4.69) is 0 Å². The minimum absolute atomic E-state index is 0.0373. The predicted octanol–water partition coefficient (Wildman–Crippen LogP) is 5.22. The Balaban J connectivity index is 1.32. The van der Waals surface area contributed by atoms with Crippen molar-refractivity contribution in [2.75, 3.05) is 18.1 Å². The number of ether oxygens (including phenoxy) is 2. The van der Waals surface area contributed by atoms with Crippen molar-refractivity contribution in [3.05, 3.63) is 88.9 Å². The van der Waals surface area contributed by atoms with Gasteiger partial charge >= 0.3 is 5.97 Å². The Morgan fingerprint density at radius 2 is 1.55 bits per heavy atom. The number of esters is 1. The molecule has 1 aliphatic heterocycles. The molecule has 4 rings (SSSR count). The maximum absolute atomic E-state index is 12.5. The first-order chi connectivity index (χ1) is 15.9. The van der Waals surface area contributed by atoms with Crippen molar-refractivity contribution in [3.63, 3.8) is 0 Å². The van der Waals surface area contributed by atoms with Gasteiger partial charge < -0.3 is 14.4 Å². The fraction of sp³-hybridized carbons (Fsp3) is 0.192. The summed E-state index contributed by atoms with van der Waals surface area (Å²) in [5, 5.41) is 0.517. The van der Waals surface area contributed by atoms with Gasteiger partial charge in [0.1, 0.15) is 11.5 Å². The summed E-state index contributed by atoms with van der Waals surface area (Å²) in [5.74, 6) is -0.322. The minimum atomic E-state index is -0.626. The van der Waals surface area contributed by atoms with Crippen LogP contribution in [0.5, 0.6) is 11.5 Å². The summed E-state index contributed by atoms with van der Waals surface area (Å²) in [5.41, 5.74) is 2.22. The molecular weight excluding hydrogens is 442 g/mol. The summed E-state index contributed by atoms with van der Waals surface area (Å²) in [6.07, 6.45) is 0.0373. The number of rotatable bonds is 7. The number of Topliss-reactive ketones (excluding diaryl/α,β-unsaturated/α-hetero) is 1. The van der Waals surface area contributed by atoms with E-state index >= 15 is 0 Å². The number of amides is 1. The molecule has 1 atom stereocenters. The van der Waals surface area contributed by atoms with E-state index < -0.39 is 11.9 Å². The average molecular weight is 464 g/mol. The molecule has 3 aromatic carbocycles. The smallest absolute Gasteiger partial charge is 0.311 e. The molecule has 0 unspecified atom stereocenters. The van der Waals surface area contributed by atoms with E-state index in [1.165, 1.54) is 0 Å². The van der Waals surface area contributed by atoms with Gasteiger partial charge in [0.15, 0.2) is 12.4 Å². The van der Waals surface area contributed by atoms with Crippen LogP contribution in [-0.2, 0) is 14.3 Å². The summed E-state index contributed by atoms with van der Waals surface area (Å²) in [6.45, 7) is 1.83. The molecule has 0 radical (unpaired) electrons. The molecule has 0 spiro atoms. The van der Waals surface area contributed by atoms with Gasteiger partial charge in [0.25, 0.3) is 0 Å². The predicted molar refractivity (Wildman–Crippen MR) is 125 cm³/mol. The zero-order valence-electron chi connectivity index (χ0n) is 18.0. The topological polar surface area (TPSA) is 72.9 Å². The molecule has 0 aromatic heterocycles. The number of halogens is 1. The lowest BCUT2D eigenvalue weighted by atomic mass is 10.1. The quantitative estimate of drug-likeness (QED) is 0.355. The van der Waals surface area contributed by atoms with E-state index in [9.17, 15) is 14.4 Å². The first kappa shape index (κ1) is 22.6. The molecule has 1 saturated heterocycles. The molecule has 168 valence electrons. The van der Waals surface area contributed by atoms with Gasteiger partial charge in [-0.25, -0.2) is 0 Å². The van der Waals surface area contributed by atoms with Crippen molar-refractivity contribution in [3.8, 4) is 11.5 Å². The molecule has 3 aromatic rings. The SMILES string of the molecule is Cc1ccc(Oc2ccc(N3C[C@@H](C(=O)OCC(=O)c4ccc(Cl)cc4)CC3=O)cc2)cc1. The molecule has 1 aliphatic rings. The number of carbonyl (C=O) groups is 3. The van der Waals surface area contributed by atoms with Crippen molar-refractivity contribution in [1.82, 2.24) is 0 Å². The summed E-state index contributed by atoms with van der Waals surface area (Å²) < 4.78 is 11.0. The van der Waals surface area contributed by atoms with Crippen LogP contribution in [-0.4, -0.2) is 30.8 Å². The summed E-state index contributed by atoms with van der Waals surface area (Å²) in [6, 6.07) is 21.2. The number of nitrogens with zero attached hydrogens (tertiary/aromatic N) is 1. The number of hydrogen-bond acceptors (Lipinski definition) is 5. The monoisotopic (exact) mass is 463 g/mol. The Labute approximate surface area is 196 Å². The number of ketones is 1. The number of benzene rings is 3. The second kappa shape index (κ2) is 9.88. The summed E-state index contributed by atoms with van der Waals surface area (Å²) in [7, 11) is 0. The zero-order valence-corrected chi connectivity index (χ0v) is 18.7. The second-order valence-corrected chi connectivity index (χ2v) is 8.29. The first-order valence-corrected chi connectivity index (χ1v) is 10.9. The van der Waals surface area contributed by atoms with E-state index in [1.54, 1.807) is 53.4 Å². The molecule has 33 heavy (non-hydrogen) atoms. The minimum Gasteiger partial charge on any atom is -0.457 e. The lowest BCUT2D eigenvalue weighted by Crippen LogP contribution is -2.27. The highest BCUT2D eigenvalue weighted by atomic mass is 35.5. The standard InChI is InChI=1S/C26H22ClNO5/c1-17-2-10-22(11-3-17)33-23-12-8-21(9-13-23)28-15-19(14-25(28)30)26(31)32-16-24(29)18-4-6-20(27)7-5-18/h2-13,19H,14-16H2,1H3/t19-/m0/s1. The fourth-order valence-corrected chi connectivity index (χ4v) is 3.65. The Morgan fingerprint density at radius 3 is 2.18 bits per heavy atom. The maximum atomic E-state index is 12.5. The van der Waals surface area contributed by atoms with Crippen LogP contribution >= 0.6 is 11.6 Å². The normalized spacial score (nSPS) is 15.4. The van der Waals surface area contributed by atoms with Crippen molar-refractivity contribution >= 4 is 34.9 Å². The molecule has 1 fully saturated rings. The third-order valence-electron chi connectivity index (χ3n) is 5.38. The number of anilines is 1. The summed E-state index contributed by atoms with van der Waals surface area (Å²) >= 11 is 5.82. The van der Waals surface area contributed by atoms with Gasteiger partial charge in [0, 0.05) is 29.2 Å². The van der Waals surface area contributed by atoms with Gasteiger partial charge in [0.05, 0.1) is 5.92 Å². The highest BCUT2D eigenvalue weighted by Crippen LogP contribution is 2.29. The van der Waals surface area contributed by atoms with Gasteiger partial charge in [-0.05, 0) is 67.6 Å². The van der Waals surface area contributed by atoms with E-state index in [0.29, 0.717) is 22.0 Å². The Kier molecular flexibility index (Phi) is 6.75. The number of hydrogen-bond donors (Lipinski definition) is 0. The highest BCUT2D eigenvalue weighted by molar-refractivity contribution is 6.30. The molecular formula is C26H22ClNO5. The van der Waals surface area contributed by atoms with Crippen LogP contribution < -0.4 is 9.64 Å². The van der Waals surface area contributed by atoms with Crippen LogP contribution in [0, 0.1) is 12.8 Å². The van der Waals surface area contributed by atoms with Gasteiger partial charge in [-0.15, -0.1) is 0 Å². The third kappa shape index (κ3) is 5.59. The van der Waals surface area contributed by atoms with Crippen LogP contribution in [0.15, 0.2) is 72.8 Å². The third-order valence-corrected chi connectivity index (χ3v) is 5.63. The largest absolute Gasteiger partial charge is 0.457 e. The fourth-order valence-electron chi connectivity index (χ4n) is 3.53. The van der Waals surface area contributed by atoms with Crippen LogP contribution in [0.2, 0.25) is 5.02 Å². The molecule has 7 heteroatoms. The van der Waals surface area contributed by atoms with Gasteiger partial charge in [-0.1, -0.05) is 29.3 Å². The highest BCUT2D eigenvalue weighted by Gasteiger charge is 2.36. The molecule has 0 N–H and O–H groups in total. The van der Waals surface area contributed by atoms with Gasteiger partial charge in [-0.2, -0.15) is 0 Å². The zero-order chi connectivity index (χ0) is 23.4. The average Bonchev–Trinajstić information content (AvgIpc) is 3.21. The lowest BCUT2D eigenvalue weighted by Gasteiger charge is -2.17. The van der Waals surface area contributed by atoms with Crippen molar-refractivity contribution in [1.29, 1.82) is 0 Å². The number of aryl methyl sites for hydroxylation is 1. The van der Waals surface area contributed by atoms with Crippen molar-refractivity contribution in [2.45, 2.75) is 13.3 Å². The van der Waals surface area contributed by atoms with Crippen LogP contribution in [0.3, 0.4) is 0 Å². The Morgan fingerprint density at radius 1 is 0.939 bits per heavy atom. The second-order valence-electron chi connectivity index (χ2n) is 7.85. The lowest BCUT2D eigenvalue weighted by molar-refractivity contribution is -0.147. The van der Waals surface area contributed by atoms with Crippen LogP contribution in [0.25, 0.3) is 0 Å². The van der Waals surface area contributed by atoms with Gasteiger partial charge in [-0.3, -0.25) is 14.4 Å². The molecule has 0 aliphatic carbocycles. The molecule has 6 nitrogen and oxygen atoms in total. The Hall–Kier alpha value is -3.64. The van der Waals surface area contributed by atoms with Gasteiger partial charge in [0.2, 0.25) is 5.91 Å².